The molecule has 0 radical (unpaired) electrons. The Bertz CT molecular complexity index is 757. The average molecular weight is 331 g/mol. The van der Waals surface area contributed by atoms with Crippen LogP contribution in [0.5, 0.6) is 0 Å². The third-order valence-electron chi connectivity index (χ3n) is 4.06. The summed E-state index contributed by atoms with van der Waals surface area (Å²) in [5.41, 5.74) is 2.11. The molecule has 0 unspecified atom stereocenters. The zero-order chi connectivity index (χ0) is 17.3. The van der Waals surface area contributed by atoms with Crippen molar-refractivity contribution in [1.82, 2.24) is 25.1 Å². The average Bonchev–Trinajstić information content (AvgIpc) is 3.14. The van der Waals surface area contributed by atoms with Gasteiger partial charge in [-0.05, 0) is 27.3 Å². The predicted molar refractivity (Wildman–Crippen MR) is 86.2 cm³/mol. The van der Waals surface area contributed by atoms with E-state index in [0.29, 0.717) is 28.7 Å². The van der Waals surface area contributed by atoms with Gasteiger partial charge in [-0.15, -0.1) is 0 Å². The van der Waals surface area contributed by atoms with E-state index < -0.39 is 0 Å². The monoisotopic (exact) mass is 331 g/mol. The summed E-state index contributed by atoms with van der Waals surface area (Å²) < 4.78 is 10.3. The van der Waals surface area contributed by atoms with Crippen LogP contribution in [-0.2, 0) is 6.54 Å². The Morgan fingerprint density at radius 3 is 2.79 bits per heavy atom. The molecule has 1 amide bonds. The lowest BCUT2D eigenvalue weighted by Gasteiger charge is -2.20. The molecule has 8 nitrogen and oxygen atoms in total. The number of rotatable bonds is 4. The Balaban J connectivity index is 1.70. The number of hydrogen-bond donors (Lipinski definition) is 0. The molecule has 0 saturated carbocycles. The highest BCUT2D eigenvalue weighted by atomic mass is 16.5. The number of hydrogen-bond acceptors (Lipinski definition) is 7. The molecule has 0 spiro atoms. The molecule has 1 aliphatic rings. The first-order valence-electron chi connectivity index (χ1n) is 7.84. The molecule has 0 bridgehead atoms. The van der Waals surface area contributed by atoms with Crippen LogP contribution in [0, 0.1) is 13.8 Å². The van der Waals surface area contributed by atoms with Crippen LogP contribution in [0.2, 0.25) is 0 Å². The largest absolute Gasteiger partial charge is 0.361 e. The van der Waals surface area contributed by atoms with E-state index in [0.717, 1.165) is 25.1 Å². The molecule has 1 aliphatic heterocycles. The molecule has 0 aliphatic carbocycles. The van der Waals surface area contributed by atoms with Crippen molar-refractivity contribution in [2.24, 2.45) is 0 Å². The first-order chi connectivity index (χ1) is 11.5. The first kappa shape index (κ1) is 16.4. The molecular weight excluding hydrogens is 310 g/mol. The Morgan fingerprint density at radius 2 is 2.12 bits per heavy atom. The first-order valence-corrected chi connectivity index (χ1v) is 7.84. The molecule has 0 atom stereocenters. The van der Waals surface area contributed by atoms with Gasteiger partial charge in [0.1, 0.15) is 17.9 Å². The predicted octanol–water partition coefficient (Wildman–Crippen LogP) is 1.67. The number of carbonyl (C=O) groups is 1. The number of amides is 1. The number of carbonyl (C=O) groups excluding carboxylic acids is 1. The zero-order valence-electron chi connectivity index (χ0n) is 14.4. The molecule has 2 aromatic rings. The highest BCUT2D eigenvalue weighted by Crippen LogP contribution is 2.19. The number of likely N-dealkylation sites (N-methyl/N-ethyl adjacent to an activating group) is 1. The van der Waals surface area contributed by atoms with Crippen molar-refractivity contribution in [1.29, 1.82) is 0 Å². The molecular formula is C16H21N5O3. The fourth-order valence-corrected chi connectivity index (χ4v) is 2.76. The van der Waals surface area contributed by atoms with Gasteiger partial charge in [-0.25, -0.2) is 0 Å². The minimum atomic E-state index is -0.178. The second-order valence-corrected chi connectivity index (χ2v) is 6.13. The van der Waals surface area contributed by atoms with Crippen LogP contribution in [0.3, 0.4) is 0 Å². The van der Waals surface area contributed by atoms with Crippen LogP contribution in [0.4, 0.5) is 0 Å². The Kier molecular flexibility index (Phi) is 4.48. The van der Waals surface area contributed by atoms with E-state index in [2.05, 4.69) is 33.3 Å². The SMILES string of the molecule is Cc1noc(C)c1C(=O)N(C)Cc1nc(C2=CCCN(C)C2)no1. The standard InChI is InChI=1S/C16H21N5O3/c1-10-14(11(2)23-18-10)16(22)21(4)9-13-17-15(19-24-13)12-6-5-7-20(3)8-12/h6H,5,7-9H2,1-4H3. The highest BCUT2D eigenvalue weighted by Gasteiger charge is 2.23. The van der Waals surface area contributed by atoms with Crippen molar-refractivity contribution in [2.45, 2.75) is 26.8 Å². The molecule has 3 heterocycles. The van der Waals surface area contributed by atoms with Gasteiger partial charge in [0.2, 0.25) is 5.89 Å². The van der Waals surface area contributed by atoms with Crippen LogP contribution < -0.4 is 0 Å². The smallest absolute Gasteiger partial charge is 0.259 e. The van der Waals surface area contributed by atoms with Gasteiger partial charge < -0.3 is 18.8 Å². The van der Waals surface area contributed by atoms with Gasteiger partial charge in [0.25, 0.3) is 5.91 Å². The van der Waals surface area contributed by atoms with Crippen molar-refractivity contribution in [3.63, 3.8) is 0 Å². The fourth-order valence-electron chi connectivity index (χ4n) is 2.76. The normalized spacial score (nSPS) is 15.4. The summed E-state index contributed by atoms with van der Waals surface area (Å²) in [5, 5.41) is 7.85. The lowest BCUT2D eigenvalue weighted by molar-refractivity contribution is 0.0767. The Hall–Kier alpha value is -2.48. The summed E-state index contributed by atoms with van der Waals surface area (Å²) in [7, 11) is 3.75. The summed E-state index contributed by atoms with van der Waals surface area (Å²) in [6, 6.07) is 0. The van der Waals surface area contributed by atoms with Gasteiger partial charge in [0.15, 0.2) is 5.82 Å². The molecule has 0 aromatic carbocycles. The summed E-state index contributed by atoms with van der Waals surface area (Å²) in [6.45, 7) is 5.53. The van der Waals surface area contributed by atoms with Gasteiger partial charge >= 0.3 is 0 Å². The summed E-state index contributed by atoms with van der Waals surface area (Å²) in [6.07, 6.45) is 3.10. The lowest BCUT2D eigenvalue weighted by Crippen LogP contribution is -2.27. The van der Waals surface area contributed by atoms with E-state index in [1.54, 1.807) is 20.9 Å². The number of aryl methyl sites for hydroxylation is 2. The maximum Gasteiger partial charge on any atom is 0.259 e. The third kappa shape index (κ3) is 3.23. The van der Waals surface area contributed by atoms with Crippen LogP contribution in [0.1, 0.15) is 39.9 Å². The maximum atomic E-state index is 12.5. The second-order valence-electron chi connectivity index (χ2n) is 6.13. The lowest BCUT2D eigenvalue weighted by atomic mass is 10.1. The molecule has 128 valence electrons. The van der Waals surface area contributed by atoms with Gasteiger partial charge in [-0.3, -0.25) is 4.79 Å². The van der Waals surface area contributed by atoms with Crippen molar-refractivity contribution in [3.05, 3.63) is 34.8 Å². The molecule has 0 N–H and O–H groups in total. The van der Waals surface area contributed by atoms with E-state index in [1.807, 2.05) is 0 Å². The maximum absolute atomic E-state index is 12.5. The molecule has 0 saturated heterocycles. The number of nitrogens with zero attached hydrogens (tertiary/aromatic N) is 5. The van der Waals surface area contributed by atoms with Gasteiger partial charge in [0.05, 0.1) is 5.69 Å². The Morgan fingerprint density at radius 1 is 1.33 bits per heavy atom. The zero-order valence-corrected chi connectivity index (χ0v) is 14.4. The van der Waals surface area contributed by atoms with Crippen LogP contribution in [0.25, 0.3) is 5.57 Å². The van der Waals surface area contributed by atoms with Crippen molar-refractivity contribution in [2.75, 3.05) is 27.2 Å². The van der Waals surface area contributed by atoms with Gasteiger partial charge in [-0.1, -0.05) is 16.4 Å². The van der Waals surface area contributed by atoms with Crippen LogP contribution in [-0.4, -0.2) is 58.2 Å². The van der Waals surface area contributed by atoms with Crippen LogP contribution in [0.15, 0.2) is 15.1 Å². The van der Waals surface area contributed by atoms with E-state index in [4.69, 9.17) is 9.05 Å². The van der Waals surface area contributed by atoms with E-state index in [-0.39, 0.29) is 12.5 Å². The molecule has 8 heteroatoms. The van der Waals surface area contributed by atoms with Crippen molar-refractivity contribution < 1.29 is 13.8 Å². The minimum Gasteiger partial charge on any atom is -0.361 e. The van der Waals surface area contributed by atoms with E-state index >= 15 is 0 Å². The summed E-state index contributed by atoms with van der Waals surface area (Å²) in [4.78, 5) is 20.7. The molecule has 24 heavy (non-hydrogen) atoms. The molecule has 0 fully saturated rings. The van der Waals surface area contributed by atoms with Crippen LogP contribution >= 0.6 is 0 Å². The van der Waals surface area contributed by atoms with Crippen molar-refractivity contribution in [3.8, 4) is 0 Å². The third-order valence-corrected chi connectivity index (χ3v) is 4.06. The molecule has 2 aromatic heterocycles. The summed E-state index contributed by atoms with van der Waals surface area (Å²) >= 11 is 0. The fraction of sp³-hybridized carbons (Fsp3) is 0.500. The second kappa shape index (κ2) is 6.56. The van der Waals surface area contributed by atoms with E-state index in [9.17, 15) is 4.79 Å². The number of aromatic nitrogens is 3. The van der Waals surface area contributed by atoms with Gasteiger partial charge in [-0.2, -0.15) is 4.98 Å². The quantitative estimate of drug-likeness (QED) is 0.842. The Labute approximate surface area is 140 Å². The minimum absolute atomic E-state index is 0.178. The van der Waals surface area contributed by atoms with Crippen molar-refractivity contribution >= 4 is 11.5 Å². The van der Waals surface area contributed by atoms with E-state index in [1.165, 1.54) is 4.90 Å². The topological polar surface area (TPSA) is 88.5 Å². The van der Waals surface area contributed by atoms with Gasteiger partial charge in [0, 0.05) is 25.7 Å². The summed E-state index contributed by atoms with van der Waals surface area (Å²) in [5.74, 6) is 1.32. The highest BCUT2D eigenvalue weighted by molar-refractivity contribution is 5.95. The molecule has 3 rings (SSSR count).